The van der Waals surface area contributed by atoms with E-state index >= 15 is 0 Å². The van der Waals surface area contributed by atoms with Gasteiger partial charge in [-0.15, -0.1) is 0 Å². The summed E-state index contributed by atoms with van der Waals surface area (Å²) in [7, 11) is -5.46. The molecule has 11 nitrogen and oxygen atoms in total. The fourth-order valence-corrected chi connectivity index (χ4v) is 11.3. The van der Waals surface area contributed by atoms with Gasteiger partial charge in [-0.1, -0.05) is 12.8 Å². The molecule has 0 saturated heterocycles. The molecule has 0 aromatic rings. The van der Waals surface area contributed by atoms with Crippen molar-refractivity contribution in [2.75, 3.05) is 51.1 Å². The van der Waals surface area contributed by atoms with Gasteiger partial charge in [-0.25, -0.2) is 3.63 Å². The second kappa shape index (κ2) is 25.2. The molecule has 0 amide bonds. The summed E-state index contributed by atoms with van der Waals surface area (Å²) in [5.74, 6) is -2.31. The van der Waals surface area contributed by atoms with Crippen molar-refractivity contribution in [2.45, 2.75) is 92.2 Å². The van der Waals surface area contributed by atoms with Crippen LogP contribution in [0.15, 0.2) is 0 Å². The first-order valence-corrected chi connectivity index (χ1v) is 20.6. The smallest absolute Gasteiger partial charge is 0.481 e. The zero-order chi connectivity index (χ0) is 31.0. The van der Waals surface area contributed by atoms with Crippen molar-refractivity contribution in [1.29, 1.82) is 0 Å². The minimum Gasteiger partial charge on any atom is -0.481 e. The van der Waals surface area contributed by atoms with Crippen molar-refractivity contribution >= 4 is 53.6 Å². The quantitative estimate of drug-likeness (QED) is 0.0518. The molecule has 0 spiro atoms. The standard InChI is InChI=1S/C26H54O11S2Si2/c1-7-31-40(32-8-2,33-9-3)19-15-13-17-23(25(27)28)21-38-37-39-22-24(26(29)30)18-14-16-20-41(34-10-4,35-11-5)36-12-6/h23-24H,7-22H2,1-6H3,(H,27,28)(H,29,30). The number of carboxylic acid groups (broad SMARTS) is 2. The first-order valence-electron chi connectivity index (χ1n) is 14.9. The second-order valence-corrected chi connectivity index (χ2v) is 16.3. The number of hydrogen-bond donors (Lipinski definition) is 2. The molecule has 0 bridgehead atoms. The van der Waals surface area contributed by atoms with Crippen LogP contribution in [0.25, 0.3) is 0 Å². The third-order valence-corrected chi connectivity index (χ3v) is 14.2. The molecule has 0 radical (unpaired) electrons. The Balaban J connectivity index is 4.52. The molecular weight excluding hydrogens is 609 g/mol. The van der Waals surface area contributed by atoms with E-state index in [1.54, 1.807) is 0 Å². The third-order valence-electron chi connectivity index (χ3n) is 6.09. The van der Waals surface area contributed by atoms with Crippen LogP contribution in [0.3, 0.4) is 0 Å². The monoisotopic (exact) mass is 662 g/mol. The summed E-state index contributed by atoms with van der Waals surface area (Å²) in [6.45, 7) is 14.5. The highest BCUT2D eigenvalue weighted by atomic mass is 32.2. The maximum Gasteiger partial charge on any atom is 0.500 e. The van der Waals surface area contributed by atoms with Crippen molar-refractivity contribution in [3.63, 3.8) is 0 Å². The number of carbonyl (C=O) groups is 2. The Labute approximate surface area is 258 Å². The van der Waals surface area contributed by atoms with Crippen LogP contribution in [-0.2, 0) is 39.8 Å². The van der Waals surface area contributed by atoms with Crippen LogP contribution >= 0.6 is 24.1 Å². The van der Waals surface area contributed by atoms with E-state index in [0.29, 0.717) is 77.4 Å². The van der Waals surface area contributed by atoms with E-state index in [1.165, 1.54) is 0 Å². The van der Waals surface area contributed by atoms with E-state index in [0.717, 1.165) is 36.9 Å². The maximum atomic E-state index is 11.8. The Hall–Kier alpha value is -0.206. The van der Waals surface area contributed by atoms with Gasteiger partial charge in [0.05, 0.1) is 11.8 Å². The van der Waals surface area contributed by atoms with Crippen molar-refractivity contribution in [1.82, 2.24) is 0 Å². The normalized spacial score (nSPS) is 13.8. The zero-order valence-corrected chi connectivity index (χ0v) is 29.5. The average Bonchev–Trinajstić information content (AvgIpc) is 2.91. The molecule has 0 aliphatic heterocycles. The molecule has 2 atom stereocenters. The minimum absolute atomic E-state index is 0.282. The van der Waals surface area contributed by atoms with Gasteiger partial charge in [0.2, 0.25) is 0 Å². The molecule has 0 heterocycles. The van der Waals surface area contributed by atoms with E-state index in [2.05, 4.69) is 0 Å². The fraction of sp³-hybridized carbons (Fsp3) is 0.923. The highest BCUT2D eigenvalue weighted by Gasteiger charge is 2.40. The van der Waals surface area contributed by atoms with Crippen LogP contribution < -0.4 is 0 Å². The van der Waals surface area contributed by atoms with Gasteiger partial charge in [0.15, 0.2) is 0 Å². The summed E-state index contributed by atoms with van der Waals surface area (Å²) in [6, 6.07) is 1.30. The van der Waals surface area contributed by atoms with Crippen molar-refractivity contribution in [3.8, 4) is 0 Å². The second-order valence-electron chi connectivity index (χ2n) is 9.16. The summed E-state index contributed by atoms with van der Waals surface area (Å²) in [4.78, 5) is 23.5. The number of hydrogen-bond acceptors (Lipinski definition) is 11. The lowest BCUT2D eigenvalue weighted by Gasteiger charge is -2.28. The minimum atomic E-state index is -2.73. The largest absolute Gasteiger partial charge is 0.500 e. The molecule has 41 heavy (non-hydrogen) atoms. The topological polar surface area (TPSA) is 139 Å². The molecule has 0 fully saturated rings. The van der Waals surface area contributed by atoms with Crippen LogP contribution in [0.2, 0.25) is 12.1 Å². The predicted molar refractivity (Wildman–Crippen MR) is 167 cm³/mol. The molecule has 0 saturated carbocycles. The zero-order valence-electron chi connectivity index (χ0n) is 25.9. The summed E-state index contributed by atoms with van der Waals surface area (Å²) in [6.07, 6.45) is 3.90. The molecule has 15 heteroatoms. The Morgan fingerprint density at radius 2 is 0.854 bits per heavy atom. The van der Waals surface area contributed by atoms with Gasteiger partial charge >= 0.3 is 29.5 Å². The molecule has 0 aliphatic carbocycles. The van der Waals surface area contributed by atoms with E-state index < -0.39 is 41.4 Å². The van der Waals surface area contributed by atoms with Crippen LogP contribution in [0, 0.1) is 11.8 Å². The van der Waals surface area contributed by atoms with Crippen LogP contribution in [0.4, 0.5) is 0 Å². The van der Waals surface area contributed by atoms with E-state index in [9.17, 15) is 19.8 Å². The highest BCUT2D eigenvalue weighted by Crippen LogP contribution is 2.27. The van der Waals surface area contributed by atoms with Crippen molar-refractivity contribution in [3.05, 3.63) is 0 Å². The van der Waals surface area contributed by atoms with Crippen LogP contribution in [-0.4, -0.2) is 90.9 Å². The molecule has 0 aromatic carbocycles. The molecule has 2 N–H and O–H groups in total. The van der Waals surface area contributed by atoms with Gasteiger partial charge in [0, 0.05) is 87.3 Å². The van der Waals surface area contributed by atoms with Crippen molar-refractivity contribution < 1.29 is 50.0 Å². The first-order chi connectivity index (χ1) is 19.7. The molecule has 2 unspecified atom stereocenters. The molecular formula is C26H54O11S2Si2. The maximum absolute atomic E-state index is 11.8. The number of carboxylic acids is 2. The molecule has 0 aliphatic rings. The van der Waals surface area contributed by atoms with Gasteiger partial charge in [-0.2, -0.15) is 0 Å². The Kier molecular flexibility index (Phi) is 25.0. The number of rotatable bonds is 30. The first kappa shape index (κ1) is 40.8. The summed E-state index contributed by atoms with van der Waals surface area (Å²) in [5.41, 5.74) is 0. The van der Waals surface area contributed by atoms with E-state index in [4.69, 9.17) is 30.2 Å². The van der Waals surface area contributed by atoms with Gasteiger partial charge in [0.25, 0.3) is 0 Å². The Morgan fingerprint density at radius 3 is 1.10 bits per heavy atom. The number of unbranched alkanes of at least 4 members (excludes halogenated alkanes) is 2. The molecule has 0 aromatic heterocycles. The summed E-state index contributed by atoms with van der Waals surface area (Å²) in [5, 5.41) is 19.3. The highest BCUT2D eigenvalue weighted by molar-refractivity contribution is 8.07. The third kappa shape index (κ3) is 18.3. The van der Waals surface area contributed by atoms with Gasteiger partial charge < -0.3 is 36.8 Å². The van der Waals surface area contributed by atoms with Gasteiger partial charge in [0.1, 0.15) is 0 Å². The van der Waals surface area contributed by atoms with Crippen LogP contribution in [0.1, 0.15) is 80.1 Å². The van der Waals surface area contributed by atoms with Crippen LogP contribution in [0.5, 0.6) is 0 Å². The summed E-state index contributed by atoms with van der Waals surface area (Å²) >= 11 is 2.12. The fourth-order valence-electron chi connectivity index (χ4n) is 4.28. The Bertz CT molecular complexity index is 591. The lowest BCUT2D eigenvalue weighted by atomic mass is 10.1. The SMILES string of the molecule is CCO[Si](CCCCC(CSOSCC(CCCC[Si](OCC)(OCC)OCC)C(=O)O)C(=O)O)(OCC)OCC. The predicted octanol–water partition coefficient (Wildman–Crippen LogP) is 6.14. The molecule has 0 rings (SSSR count). The lowest BCUT2D eigenvalue weighted by Crippen LogP contribution is -2.45. The van der Waals surface area contributed by atoms with Gasteiger partial charge in [-0.3, -0.25) is 9.59 Å². The lowest BCUT2D eigenvalue weighted by molar-refractivity contribution is -0.142. The number of aliphatic carboxylic acids is 2. The van der Waals surface area contributed by atoms with Gasteiger partial charge in [-0.05, 0) is 67.2 Å². The van der Waals surface area contributed by atoms with E-state index in [1.807, 2.05) is 41.5 Å². The Morgan fingerprint density at radius 1 is 0.561 bits per heavy atom. The van der Waals surface area contributed by atoms with Crippen molar-refractivity contribution in [2.24, 2.45) is 11.8 Å². The summed E-state index contributed by atoms with van der Waals surface area (Å²) < 4.78 is 40.7. The van der Waals surface area contributed by atoms with E-state index in [-0.39, 0.29) is 11.5 Å². The average molecular weight is 663 g/mol. The molecule has 244 valence electrons.